The molecule has 0 amide bonds. The van der Waals surface area contributed by atoms with Gasteiger partial charge in [0.2, 0.25) is 0 Å². The van der Waals surface area contributed by atoms with Gasteiger partial charge in [0.05, 0.1) is 6.10 Å². The molecule has 1 saturated heterocycles. The van der Waals surface area contributed by atoms with E-state index >= 15 is 0 Å². The fourth-order valence-corrected chi connectivity index (χ4v) is 2.78. The Morgan fingerprint density at radius 1 is 1.44 bits per heavy atom. The number of hydrogen-bond acceptors (Lipinski definition) is 3. The molecule has 1 aromatic carbocycles. The van der Waals surface area contributed by atoms with Crippen molar-refractivity contribution in [2.45, 2.75) is 38.5 Å². The highest BCUT2D eigenvalue weighted by Crippen LogP contribution is 2.21. The van der Waals surface area contributed by atoms with Gasteiger partial charge in [-0.15, -0.1) is 0 Å². The number of ether oxygens (including phenoxy) is 1. The van der Waals surface area contributed by atoms with Crippen molar-refractivity contribution >= 4 is 0 Å². The monoisotopic (exact) mass is 248 g/mol. The summed E-state index contributed by atoms with van der Waals surface area (Å²) in [4.78, 5) is 2.49. The first-order chi connectivity index (χ1) is 8.72. The summed E-state index contributed by atoms with van der Waals surface area (Å²) in [7, 11) is 1.80. The lowest BCUT2D eigenvalue weighted by Crippen LogP contribution is -2.47. The molecule has 3 nitrogen and oxygen atoms in total. The van der Waals surface area contributed by atoms with Crippen LogP contribution in [0.15, 0.2) is 24.3 Å². The number of nitrogens with zero attached hydrogens (tertiary/aromatic N) is 1. The highest BCUT2D eigenvalue weighted by Gasteiger charge is 2.27. The summed E-state index contributed by atoms with van der Waals surface area (Å²) in [5, 5.41) is 0. The highest BCUT2D eigenvalue weighted by molar-refractivity contribution is 5.22. The molecule has 2 rings (SSSR count). The smallest absolute Gasteiger partial charge is 0.0599 e. The Bertz CT molecular complexity index is 381. The van der Waals surface area contributed by atoms with E-state index in [4.69, 9.17) is 10.5 Å². The first-order valence-corrected chi connectivity index (χ1v) is 6.75. The third-order valence-electron chi connectivity index (χ3n) is 3.86. The van der Waals surface area contributed by atoms with Gasteiger partial charge >= 0.3 is 0 Å². The van der Waals surface area contributed by atoms with Gasteiger partial charge in [0, 0.05) is 32.8 Å². The molecule has 1 aliphatic rings. The van der Waals surface area contributed by atoms with Crippen LogP contribution in [0, 0.1) is 6.92 Å². The van der Waals surface area contributed by atoms with Crippen LogP contribution in [0.4, 0.5) is 0 Å². The van der Waals surface area contributed by atoms with Crippen molar-refractivity contribution in [3.8, 4) is 0 Å². The molecule has 1 heterocycles. The average Bonchev–Trinajstić information content (AvgIpc) is 2.39. The van der Waals surface area contributed by atoms with Crippen LogP contribution >= 0.6 is 0 Å². The van der Waals surface area contributed by atoms with Gasteiger partial charge in [-0.1, -0.05) is 29.8 Å². The predicted molar refractivity (Wildman–Crippen MR) is 74.5 cm³/mol. The van der Waals surface area contributed by atoms with Crippen LogP contribution in [0.1, 0.15) is 24.0 Å². The second-order valence-corrected chi connectivity index (χ2v) is 5.23. The van der Waals surface area contributed by atoms with Crippen LogP contribution in [0.5, 0.6) is 0 Å². The molecule has 0 saturated carbocycles. The summed E-state index contributed by atoms with van der Waals surface area (Å²) in [6.45, 7) is 4.93. The zero-order valence-corrected chi connectivity index (χ0v) is 11.4. The van der Waals surface area contributed by atoms with E-state index in [1.165, 1.54) is 11.1 Å². The van der Waals surface area contributed by atoms with Crippen molar-refractivity contribution in [1.29, 1.82) is 0 Å². The van der Waals surface area contributed by atoms with E-state index < -0.39 is 0 Å². The van der Waals surface area contributed by atoms with Crippen molar-refractivity contribution < 1.29 is 4.74 Å². The lowest BCUT2D eigenvalue weighted by atomic mass is 9.98. The summed E-state index contributed by atoms with van der Waals surface area (Å²) >= 11 is 0. The molecule has 100 valence electrons. The number of rotatable bonds is 4. The summed E-state index contributed by atoms with van der Waals surface area (Å²) in [5.41, 5.74) is 8.60. The third kappa shape index (κ3) is 3.31. The predicted octanol–water partition coefficient (Wildman–Crippen LogP) is 1.93. The zero-order valence-electron chi connectivity index (χ0n) is 11.4. The van der Waals surface area contributed by atoms with Gasteiger partial charge < -0.3 is 10.5 Å². The molecule has 0 bridgehead atoms. The number of piperidine rings is 1. The van der Waals surface area contributed by atoms with Gasteiger partial charge in [-0.25, -0.2) is 0 Å². The van der Waals surface area contributed by atoms with Crippen molar-refractivity contribution in [2.24, 2.45) is 5.73 Å². The summed E-state index contributed by atoms with van der Waals surface area (Å²) in [5.74, 6) is 0. The van der Waals surface area contributed by atoms with Crippen molar-refractivity contribution in [2.75, 3.05) is 20.2 Å². The fraction of sp³-hybridized carbons (Fsp3) is 0.600. The molecule has 1 aliphatic heterocycles. The van der Waals surface area contributed by atoms with E-state index in [1.54, 1.807) is 7.11 Å². The quantitative estimate of drug-likeness (QED) is 0.885. The van der Waals surface area contributed by atoms with Crippen LogP contribution in [0.25, 0.3) is 0 Å². The molecule has 0 aliphatic carbocycles. The summed E-state index contributed by atoms with van der Waals surface area (Å²) in [6.07, 6.45) is 2.55. The molecule has 2 unspecified atom stereocenters. The van der Waals surface area contributed by atoms with Gasteiger partial charge in [0.25, 0.3) is 0 Å². The molecule has 1 fully saturated rings. The minimum atomic E-state index is 0.382. The Labute approximate surface area is 110 Å². The molecule has 3 heteroatoms. The maximum atomic E-state index is 5.90. The van der Waals surface area contributed by atoms with Gasteiger partial charge in [-0.05, 0) is 25.3 Å². The normalized spacial score (nSPS) is 25.3. The molecular weight excluding hydrogens is 224 g/mol. The Kier molecular flexibility index (Phi) is 4.75. The Hall–Kier alpha value is -0.900. The SMILES string of the molecule is COC1CCN(Cc2cccc(C)c2)C(CN)C1. The highest BCUT2D eigenvalue weighted by atomic mass is 16.5. The Balaban J connectivity index is 2.00. The maximum Gasteiger partial charge on any atom is 0.0599 e. The lowest BCUT2D eigenvalue weighted by Gasteiger charge is -2.38. The van der Waals surface area contributed by atoms with Gasteiger partial charge in [0.1, 0.15) is 0 Å². The van der Waals surface area contributed by atoms with E-state index in [9.17, 15) is 0 Å². The molecule has 0 radical (unpaired) electrons. The topological polar surface area (TPSA) is 38.5 Å². The van der Waals surface area contributed by atoms with Crippen LogP contribution in [-0.2, 0) is 11.3 Å². The second-order valence-electron chi connectivity index (χ2n) is 5.23. The Morgan fingerprint density at radius 3 is 2.94 bits per heavy atom. The van der Waals surface area contributed by atoms with Crippen molar-refractivity contribution in [3.63, 3.8) is 0 Å². The van der Waals surface area contributed by atoms with Crippen molar-refractivity contribution in [1.82, 2.24) is 4.90 Å². The minimum Gasteiger partial charge on any atom is -0.381 e. The zero-order chi connectivity index (χ0) is 13.0. The number of methoxy groups -OCH3 is 1. The first kappa shape index (κ1) is 13.5. The van der Waals surface area contributed by atoms with Crippen LogP contribution in [0.3, 0.4) is 0 Å². The van der Waals surface area contributed by atoms with E-state index in [-0.39, 0.29) is 0 Å². The number of hydrogen-bond donors (Lipinski definition) is 1. The van der Waals surface area contributed by atoms with Gasteiger partial charge in [-0.3, -0.25) is 4.90 Å². The lowest BCUT2D eigenvalue weighted by molar-refractivity contribution is 0.0102. The molecular formula is C15H24N2O. The van der Waals surface area contributed by atoms with E-state index in [0.29, 0.717) is 18.7 Å². The van der Waals surface area contributed by atoms with Crippen LogP contribution in [0.2, 0.25) is 0 Å². The molecule has 2 atom stereocenters. The number of benzene rings is 1. The van der Waals surface area contributed by atoms with E-state index in [1.807, 2.05) is 0 Å². The fourth-order valence-electron chi connectivity index (χ4n) is 2.78. The molecule has 0 spiro atoms. The number of likely N-dealkylation sites (tertiary alicyclic amines) is 1. The number of aryl methyl sites for hydroxylation is 1. The largest absolute Gasteiger partial charge is 0.381 e. The Morgan fingerprint density at radius 2 is 2.28 bits per heavy atom. The van der Waals surface area contributed by atoms with Gasteiger partial charge in [-0.2, -0.15) is 0 Å². The van der Waals surface area contributed by atoms with E-state index in [0.717, 1.165) is 25.9 Å². The van der Waals surface area contributed by atoms with Crippen LogP contribution < -0.4 is 5.73 Å². The van der Waals surface area contributed by atoms with E-state index in [2.05, 4.69) is 36.1 Å². The molecule has 0 aromatic heterocycles. The molecule has 2 N–H and O–H groups in total. The second kappa shape index (κ2) is 6.32. The maximum absolute atomic E-state index is 5.90. The molecule has 18 heavy (non-hydrogen) atoms. The summed E-state index contributed by atoms with van der Waals surface area (Å²) in [6, 6.07) is 9.17. The third-order valence-corrected chi connectivity index (χ3v) is 3.86. The minimum absolute atomic E-state index is 0.382. The first-order valence-electron chi connectivity index (χ1n) is 6.75. The average molecular weight is 248 g/mol. The number of nitrogens with two attached hydrogens (primary N) is 1. The standard InChI is InChI=1S/C15H24N2O/c1-12-4-3-5-13(8-12)11-17-7-6-15(18-2)9-14(17)10-16/h3-5,8,14-15H,6-7,9-11,16H2,1-2H3. The molecule has 1 aromatic rings. The van der Waals surface area contributed by atoms with Crippen molar-refractivity contribution in [3.05, 3.63) is 35.4 Å². The van der Waals surface area contributed by atoms with Crippen LogP contribution in [-0.4, -0.2) is 37.2 Å². The summed E-state index contributed by atoms with van der Waals surface area (Å²) < 4.78 is 5.46. The van der Waals surface area contributed by atoms with Gasteiger partial charge in [0.15, 0.2) is 0 Å².